The summed E-state index contributed by atoms with van der Waals surface area (Å²) < 4.78 is 0. The summed E-state index contributed by atoms with van der Waals surface area (Å²) in [7, 11) is 0. The third-order valence-electron chi connectivity index (χ3n) is 3.26. The molecule has 0 aromatic rings. The largest absolute Gasteiger partial charge is 0.394 e. The Morgan fingerprint density at radius 2 is 2.07 bits per heavy atom. The van der Waals surface area contributed by atoms with Crippen LogP contribution in [-0.2, 0) is 0 Å². The maximum atomic E-state index is 9.21. The Balaban J connectivity index is 2.24. The second-order valence-corrected chi connectivity index (χ2v) is 4.75. The Kier molecular flexibility index (Phi) is 4.85. The summed E-state index contributed by atoms with van der Waals surface area (Å²) in [5, 5.41) is 21.2. The fraction of sp³-hybridized carbons (Fsp3) is 1.00. The molecule has 3 N–H and O–H groups in total. The minimum atomic E-state index is -0.610. The highest BCUT2D eigenvalue weighted by molar-refractivity contribution is 4.81. The van der Waals surface area contributed by atoms with Crippen molar-refractivity contribution in [3.63, 3.8) is 0 Å². The molecule has 1 fully saturated rings. The first-order valence-corrected chi connectivity index (χ1v) is 5.65. The standard InChI is InChI=1S/C11H23NO2/c1-8-3-4-11(9(2)5-8)12-6-10(14)7-13/h8-14H,3-7H2,1-2H3/t8?,9?,10-,11?/m0/s1. The van der Waals surface area contributed by atoms with Crippen LogP contribution in [0.15, 0.2) is 0 Å². The van der Waals surface area contributed by atoms with Gasteiger partial charge in [-0.25, -0.2) is 0 Å². The molecule has 0 aromatic heterocycles. The van der Waals surface area contributed by atoms with Crippen LogP contribution in [0.25, 0.3) is 0 Å². The molecule has 1 saturated carbocycles. The molecule has 0 aliphatic heterocycles. The minimum absolute atomic E-state index is 0.148. The Bertz CT molecular complexity index is 163. The number of hydrogen-bond donors (Lipinski definition) is 3. The predicted molar refractivity (Wildman–Crippen MR) is 57.1 cm³/mol. The molecule has 1 aliphatic carbocycles. The number of nitrogens with one attached hydrogen (secondary N) is 1. The summed E-state index contributed by atoms with van der Waals surface area (Å²) in [6.45, 7) is 4.93. The molecular formula is C11H23NO2. The molecule has 14 heavy (non-hydrogen) atoms. The van der Waals surface area contributed by atoms with Crippen LogP contribution < -0.4 is 5.32 Å². The lowest BCUT2D eigenvalue weighted by Crippen LogP contribution is -2.43. The van der Waals surface area contributed by atoms with Gasteiger partial charge >= 0.3 is 0 Å². The molecule has 0 radical (unpaired) electrons. The van der Waals surface area contributed by atoms with E-state index in [1.807, 2.05) is 0 Å². The first kappa shape index (κ1) is 12.0. The van der Waals surface area contributed by atoms with Gasteiger partial charge in [0.1, 0.15) is 0 Å². The van der Waals surface area contributed by atoms with Gasteiger partial charge in [0.2, 0.25) is 0 Å². The lowest BCUT2D eigenvalue weighted by Gasteiger charge is -2.33. The van der Waals surface area contributed by atoms with Crippen LogP contribution in [-0.4, -0.2) is 35.5 Å². The van der Waals surface area contributed by atoms with E-state index in [1.165, 1.54) is 19.3 Å². The van der Waals surface area contributed by atoms with Crippen molar-refractivity contribution in [1.82, 2.24) is 5.32 Å². The normalized spacial score (nSPS) is 35.6. The topological polar surface area (TPSA) is 52.5 Å². The average molecular weight is 201 g/mol. The summed E-state index contributed by atoms with van der Waals surface area (Å²) in [6.07, 6.45) is 3.13. The molecule has 4 atom stereocenters. The summed E-state index contributed by atoms with van der Waals surface area (Å²) in [5.41, 5.74) is 0. The van der Waals surface area contributed by atoms with Crippen LogP contribution in [0.1, 0.15) is 33.1 Å². The Morgan fingerprint density at radius 3 is 2.64 bits per heavy atom. The van der Waals surface area contributed by atoms with Gasteiger partial charge in [-0.3, -0.25) is 0 Å². The van der Waals surface area contributed by atoms with Crippen molar-refractivity contribution in [2.45, 2.75) is 45.3 Å². The van der Waals surface area contributed by atoms with E-state index in [0.717, 1.165) is 5.92 Å². The van der Waals surface area contributed by atoms with Gasteiger partial charge in [-0.1, -0.05) is 13.8 Å². The zero-order valence-electron chi connectivity index (χ0n) is 9.24. The summed E-state index contributed by atoms with van der Waals surface area (Å²) >= 11 is 0. The van der Waals surface area contributed by atoms with Gasteiger partial charge in [-0.2, -0.15) is 0 Å². The molecule has 3 heteroatoms. The number of aliphatic hydroxyl groups excluding tert-OH is 2. The van der Waals surface area contributed by atoms with Crippen molar-refractivity contribution in [3.05, 3.63) is 0 Å². The fourth-order valence-corrected chi connectivity index (χ4v) is 2.32. The van der Waals surface area contributed by atoms with E-state index in [1.54, 1.807) is 0 Å². The van der Waals surface area contributed by atoms with Gasteiger partial charge in [-0.15, -0.1) is 0 Å². The molecule has 84 valence electrons. The van der Waals surface area contributed by atoms with Crippen LogP contribution in [0, 0.1) is 11.8 Å². The van der Waals surface area contributed by atoms with Crippen molar-refractivity contribution in [2.75, 3.05) is 13.2 Å². The maximum absolute atomic E-state index is 9.21. The van der Waals surface area contributed by atoms with E-state index in [9.17, 15) is 5.11 Å². The van der Waals surface area contributed by atoms with Crippen LogP contribution in [0.2, 0.25) is 0 Å². The van der Waals surface area contributed by atoms with Gasteiger partial charge in [0, 0.05) is 12.6 Å². The fourth-order valence-electron chi connectivity index (χ4n) is 2.32. The number of hydrogen-bond acceptors (Lipinski definition) is 3. The van der Waals surface area contributed by atoms with E-state index in [4.69, 9.17) is 5.11 Å². The molecular weight excluding hydrogens is 178 g/mol. The van der Waals surface area contributed by atoms with Gasteiger partial charge in [-0.05, 0) is 31.1 Å². The van der Waals surface area contributed by atoms with Crippen LogP contribution in [0.4, 0.5) is 0 Å². The van der Waals surface area contributed by atoms with Gasteiger partial charge in [0.15, 0.2) is 0 Å². The molecule has 0 saturated heterocycles. The minimum Gasteiger partial charge on any atom is -0.394 e. The summed E-state index contributed by atoms with van der Waals surface area (Å²) in [4.78, 5) is 0. The lowest BCUT2D eigenvalue weighted by molar-refractivity contribution is 0.0859. The molecule has 0 spiro atoms. The van der Waals surface area contributed by atoms with Crippen molar-refractivity contribution >= 4 is 0 Å². The molecule has 1 rings (SSSR count). The molecule has 3 nitrogen and oxygen atoms in total. The maximum Gasteiger partial charge on any atom is 0.0895 e. The van der Waals surface area contributed by atoms with Crippen molar-refractivity contribution in [3.8, 4) is 0 Å². The van der Waals surface area contributed by atoms with Crippen LogP contribution >= 0.6 is 0 Å². The highest BCUT2D eigenvalue weighted by atomic mass is 16.3. The summed E-state index contributed by atoms with van der Waals surface area (Å²) in [5.74, 6) is 1.52. The molecule has 3 unspecified atom stereocenters. The lowest BCUT2D eigenvalue weighted by atomic mass is 9.80. The van der Waals surface area contributed by atoms with E-state index in [2.05, 4.69) is 19.2 Å². The van der Waals surface area contributed by atoms with Crippen molar-refractivity contribution in [1.29, 1.82) is 0 Å². The van der Waals surface area contributed by atoms with Crippen molar-refractivity contribution < 1.29 is 10.2 Å². The average Bonchev–Trinajstić information content (AvgIpc) is 2.16. The van der Waals surface area contributed by atoms with E-state index in [0.29, 0.717) is 18.5 Å². The molecule has 1 aliphatic rings. The van der Waals surface area contributed by atoms with E-state index >= 15 is 0 Å². The predicted octanol–water partition coefficient (Wildman–Crippen LogP) is 0.754. The first-order chi connectivity index (χ1) is 6.63. The van der Waals surface area contributed by atoms with Gasteiger partial charge < -0.3 is 15.5 Å². The van der Waals surface area contributed by atoms with Gasteiger partial charge in [0.05, 0.1) is 12.7 Å². The monoisotopic (exact) mass is 201 g/mol. The molecule has 0 amide bonds. The van der Waals surface area contributed by atoms with Crippen LogP contribution in [0.5, 0.6) is 0 Å². The molecule has 0 bridgehead atoms. The third kappa shape index (κ3) is 3.56. The van der Waals surface area contributed by atoms with Crippen LogP contribution in [0.3, 0.4) is 0 Å². The Labute approximate surface area is 86.5 Å². The first-order valence-electron chi connectivity index (χ1n) is 5.65. The zero-order valence-corrected chi connectivity index (χ0v) is 9.24. The summed E-state index contributed by atoms with van der Waals surface area (Å²) in [6, 6.07) is 0.521. The van der Waals surface area contributed by atoms with E-state index in [-0.39, 0.29) is 6.61 Å². The second kappa shape index (κ2) is 5.69. The zero-order chi connectivity index (χ0) is 10.6. The van der Waals surface area contributed by atoms with Crippen molar-refractivity contribution in [2.24, 2.45) is 11.8 Å². The third-order valence-corrected chi connectivity index (χ3v) is 3.26. The molecule has 0 aromatic carbocycles. The van der Waals surface area contributed by atoms with Gasteiger partial charge in [0.25, 0.3) is 0 Å². The second-order valence-electron chi connectivity index (χ2n) is 4.75. The SMILES string of the molecule is CC1CCC(NC[C@H](O)CO)C(C)C1. The number of rotatable bonds is 4. The quantitative estimate of drug-likeness (QED) is 0.629. The number of aliphatic hydroxyl groups is 2. The molecule has 0 heterocycles. The Morgan fingerprint density at radius 1 is 1.36 bits per heavy atom. The smallest absolute Gasteiger partial charge is 0.0895 e. The Hall–Kier alpha value is -0.120. The van der Waals surface area contributed by atoms with E-state index < -0.39 is 6.10 Å². The highest BCUT2D eigenvalue weighted by Crippen LogP contribution is 2.28. The highest BCUT2D eigenvalue weighted by Gasteiger charge is 2.24.